The molecule has 1 aromatic carbocycles. The van der Waals surface area contributed by atoms with Crippen molar-refractivity contribution in [3.05, 3.63) is 35.6 Å². The average Bonchev–Trinajstić information content (AvgIpc) is 2.33. The van der Waals surface area contributed by atoms with Gasteiger partial charge < -0.3 is 5.32 Å². The van der Waals surface area contributed by atoms with E-state index in [0.717, 1.165) is 12.0 Å². The monoisotopic (exact) mass is 237 g/mol. The zero-order chi connectivity index (χ0) is 12.7. The summed E-state index contributed by atoms with van der Waals surface area (Å²) in [4.78, 5) is 0. The highest BCUT2D eigenvalue weighted by Crippen LogP contribution is 2.19. The van der Waals surface area contributed by atoms with E-state index >= 15 is 0 Å². The molecule has 0 saturated heterocycles. The third-order valence-electron chi connectivity index (χ3n) is 3.14. The van der Waals surface area contributed by atoms with E-state index in [4.69, 9.17) is 0 Å². The van der Waals surface area contributed by atoms with E-state index in [1.165, 1.54) is 25.3 Å². The van der Waals surface area contributed by atoms with Crippen LogP contribution in [0.15, 0.2) is 24.3 Å². The lowest BCUT2D eigenvalue weighted by Crippen LogP contribution is -2.30. The van der Waals surface area contributed by atoms with Crippen LogP contribution in [0, 0.1) is 5.82 Å². The Morgan fingerprint density at radius 2 is 2.06 bits per heavy atom. The van der Waals surface area contributed by atoms with Crippen LogP contribution in [0.1, 0.15) is 58.1 Å². The minimum Gasteiger partial charge on any atom is -0.307 e. The van der Waals surface area contributed by atoms with Gasteiger partial charge in [0.2, 0.25) is 0 Å². The van der Waals surface area contributed by atoms with Crippen molar-refractivity contribution in [1.29, 1.82) is 0 Å². The van der Waals surface area contributed by atoms with Gasteiger partial charge in [-0.1, -0.05) is 38.8 Å². The summed E-state index contributed by atoms with van der Waals surface area (Å²) in [6, 6.07) is 7.66. The van der Waals surface area contributed by atoms with Gasteiger partial charge in [0.15, 0.2) is 0 Å². The molecule has 1 nitrogen and oxygen atoms in total. The van der Waals surface area contributed by atoms with Crippen molar-refractivity contribution in [2.24, 2.45) is 0 Å². The lowest BCUT2D eigenvalue weighted by atomic mass is 10.0. The fraction of sp³-hybridized carbons (Fsp3) is 0.600. The number of benzene rings is 1. The largest absolute Gasteiger partial charge is 0.307 e. The van der Waals surface area contributed by atoms with Crippen LogP contribution >= 0.6 is 0 Å². The molecule has 17 heavy (non-hydrogen) atoms. The van der Waals surface area contributed by atoms with Crippen LogP contribution in [-0.4, -0.2) is 6.04 Å². The number of unbranched alkanes of at least 4 members (excludes halogenated alkanes) is 1. The highest BCUT2D eigenvalue weighted by Gasteiger charge is 2.12. The summed E-state index contributed by atoms with van der Waals surface area (Å²) in [5.41, 5.74) is 1.05. The van der Waals surface area contributed by atoms with E-state index in [9.17, 15) is 4.39 Å². The second-order valence-corrected chi connectivity index (χ2v) is 4.73. The van der Waals surface area contributed by atoms with Crippen molar-refractivity contribution < 1.29 is 4.39 Å². The maximum atomic E-state index is 13.2. The van der Waals surface area contributed by atoms with Gasteiger partial charge in [-0.2, -0.15) is 0 Å². The first-order valence-corrected chi connectivity index (χ1v) is 6.68. The molecular formula is C15H24FN. The van der Waals surface area contributed by atoms with Crippen molar-refractivity contribution in [3.8, 4) is 0 Å². The molecule has 1 aromatic rings. The molecular weight excluding hydrogens is 213 g/mol. The van der Waals surface area contributed by atoms with Gasteiger partial charge >= 0.3 is 0 Å². The summed E-state index contributed by atoms with van der Waals surface area (Å²) < 4.78 is 13.2. The molecule has 2 atom stereocenters. The van der Waals surface area contributed by atoms with E-state index in [2.05, 4.69) is 26.1 Å². The van der Waals surface area contributed by atoms with E-state index in [1.807, 2.05) is 6.07 Å². The van der Waals surface area contributed by atoms with E-state index in [0.29, 0.717) is 6.04 Å². The Labute approximate surface area is 104 Å². The van der Waals surface area contributed by atoms with Crippen molar-refractivity contribution >= 4 is 0 Å². The number of nitrogens with one attached hydrogen (secondary N) is 1. The Balaban J connectivity index is 2.59. The summed E-state index contributed by atoms with van der Waals surface area (Å²) >= 11 is 0. The lowest BCUT2D eigenvalue weighted by Gasteiger charge is -2.22. The lowest BCUT2D eigenvalue weighted by molar-refractivity contribution is 0.417. The SMILES string of the molecule is CCCCC(C)NC(CC)c1cccc(F)c1. The Bertz CT molecular complexity index is 324. The van der Waals surface area contributed by atoms with Crippen LogP contribution in [0.2, 0.25) is 0 Å². The normalized spacial score (nSPS) is 14.6. The molecule has 1 rings (SSSR count). The molecule has 0 aliphatic carbocycles. The summed E-state index contributed by atoms with van der Waals surface area (Å²) in [6.45, 7) is 6.54. The zero-order valence-electron chi connectivity index (χ0n) is 11.2. The van der Waals surface area contributed by atoms with Gasteiger partial charge in [-0.05, 0) is 37.5 Å². The van der Waals surface area contributed by atoms with Crippen LogP contribution in [0.3, 0.4) is 0 Å². The van der Waals surface area contributed by atoms with Gasteiger partial charge in [-0.15, -0.1) is 0 Å². The van der Waals surface area contributed by atoms with Crippen molar-refractivity contribution in [2.75, 3.05) is 0 Å². The first kappa shape index (κ1) is 14.2. The topological polar surface area (TPSA) is 12.0 Å². The Morgan fingerprint density at radius 1 is 1.29 bits per heavy atom. The minimum absolute atomic E-state index is 0.149. The molecule has 0 aliphatic rings. The summed E-state index contributed by atoms with van der Waals surface area (Å²) in [7, 11) is 0. The van der Waals surface area contributed by atoms with Gasteiger partial charge in [0.25, 0.3) is 0 Å². The molecule has 0 spiro atoms. The molecule has 1 N–H and O–H groups in total. The molecule has 0 fully saturated rings. The molecule has 0 bridgehead atoms. The molecule has 0 aromatic heterocycles. The number of rotatable bonds is 7. The Kier molecular flexibility index (Phi) is 6.20. The molecule has 2 unspecified atom stereocenters. The van der Waals surface area contributed by atoms with Crippen LogP contribution < -0.4 is 5.32 Å². The van der Waals surface area contributed by atoms with E-state index in [-0.39, 0.29) is 11.9 Å². The average molecular weight is 237 g/mol. The van der Waals surface area contributed by atoms with Gasteiger partial charge in [0.1, 0.15) is 5.82 Å². The Hall–Kier alpha value is -0.890. The van der Waals surface area contributed by atoms with Crippen molar-refractivity contribution in [3.63, 3.8) is 0 Å². The maximum absolute atomic E-state index is 13.2. The van der Waals surface area contributed by atoms with Crippen LogP contribution in [-0.2, 0) is 0 Å². The predicted molar refractivity (Wildman–Crippen MR) is 71.6 cm³/mol. The second kappa shape index (κ2) is 7.44. The van der Waals surface area contributed by atoms with E-state index in [1.54, 1.807) is 12.1 Å². The zero-order valence-corrected chi connectivity index (χ0v) is 11.2. The highest BCUT2D eigenvalue weighted by molar-refractivity contribution is 5.20. The highest BCUT2D eigenvalue weighted by atomic mass is 19.1. The fourth-order valence-electron chi connectivity index (χ4n) is 2.11. The quantitative estimate of drug-likeness (QED) is 0.739. The molecule has 0 aliphatic heterocycles. The van der Waals surface area contributed by atoms with Crippen LogP contribution in [0.25, 0.3) is 0 Å². The van der Waals surface area contributed by atoms with Crippen molar-refractivity contribution in [1.82, 2.24) is 5.32 Å². The molecule has 0 radical (unpaired) electrons. The second-order valence-electron chi connectivity index (χ2n) is 4.73. The van der Waals surface area contributed by atoms with Crippen molar-refractivity contribution in [2.45, 2.75) is 58.5 Å². The molecule has 2 heteroatoms. The fourth-order valence-corrected chi connectivity index (χ4v) is 2.11. The van der Waals surface area contributed by atoms with Crippen LogP contribution in [0.5, 0.6) is 0 Å². The Morgan fingerprint density at radius 3 is 2.65 bits per heavy atom. The van der Waals surface area contributed by atoms with Gasteiger partial charge in [-0.3, -0.25) is 0 Å². The maximum Gasteiger partial charge on any atom is 0.123 e. The first-order chi connectivity index (χ1) is 8.17. The smallest absolute Gasteiger partial charge is 0.123 e. The molecule has 0 heterocycles. The third kappa shape index (κ3) is 4.86. The molecule has 0 amide bonds. The summed E-state index contributed by atoms with van der Waals surface area (Å²) in [6.07, 6.45) is 4.64. The first-order valence-electron chi connectivity index (χ1n) is 6.68. The number of hydrogen-bond donors (Lipinski definition) is 1. The van der Waals surface area contributed by atoms with E-state index < -0.39 is 0 Å². The summed E-state index contributed by atoms with van der Waals surface area (Å²) in [5.74, 6) is -0.149. The summed E-state index contributed by atoms with van der Waals surface area (Å²) in [5, 5.41) is 3.58. The van der Waals surface area contributed by atoms with Gasteiger partial charge in [0.05, 0.1) is 0 Å². The van der Waals surface area contributed by atoms with Gasteiger partial charge in [-0.25, -0.2) is 4.39 Å². The van der Waals surface area contributed by atoms with Crippen LogP contribution in [0.4, 0.5) is 4.39 Å². The molecule has 0 saturated carbocycles. The molecule has 96 valence electrons. The number of halogens is 1. The standard InChI is InChI=1S/C15H24FN/c1-4-6-8-12(3)17-15(5-2)13-9-7-10-14(16)11-13/h7,9-12,15,17H,4-6,8H2,1-3H3. The minimum atomic E-state index is -0.149. The predicted octanol–water partition coefficient (Wildman–Crippen LogP) is 4.45. The third-order valence-corrected chi connectivity index (χ3v) is 3.14. The van der Waals surface area contributed by atoms with Gasteiger partial charge in [0, 0.05) is 12.1 Å². The number of hydrogen-bond acceptors (Lipinski definition) is 1.